The van der Waals surface area contributed by atoms with Gasteiger partial charge in [0.15, 0.2) is 0 Å². The van der Waals surface area contributed by atoms with Crippen LogP contribution in [0.2, 0.25) is 0 Å². The fraction of sp³-hybridized carbons (Fsp3) is 0.467. The molecule has 1 aromatic rings. The number of hydrogen-bond acceptors (Lipinski definition) is 3. The zero-order valence-electron chi connectivity index (χ0n) is 11.8. The summed E-state index contributed by atoms with van der Waals surface area (Å²) >= 11 is 0. The summed E-state index contributed by atoms with van der Waals surface area (Å²) in [5, 5.41) is 12.5. The lowest BCUT2D eigenvalue weighted by Crippen LogP contribution is -2.34. The van der Waals surface area contributed by atoms with E-state index in [4.69, 9.17) is 0 Å². The monoisotopic (exact) mass is 276 g/mol. The summed E-state index contributed by atoms with van der Waals surface area (Å²) < 4.78 is 0. The van der Waals surface area contributed by atoms with E-state index in [2.05, 4.69) is 5.32 Å². The molecule has 0 fully saturated rings. The van der Waals surface area contributed by atoms with Crippen LogP contribution >= 0.6 is 0 Å². The third-order valence-corrected chi connectivity index (χ3v) is 3.46. The van der Waals surface area contributed by atoms with E-state index >= 15 is 0 Å². The minimum absolute atomic E-state index is 0.0330. The van der Waals surface area contributed by atoms with Gasteiger partial charge in [-0.2, -0.15) is 0 Å². The Bertz CT molecular complexity index is 514. The highest BCUT2D eigenvalue weighted by molar-refractivity contribution is 5.99. The van der Waals surface area contributed by atoms with Crippen molar-refractivity contribution < 1.29 is 14.7 Å². The molecule has 1 aromatic carbocycles. The van der Waals surface area contributed by atoms with E-state index in [1.807, 2.05) is 32.0 Å². The fourth-order valence-electron chi connectivity index (χ4n) is 2.46. The van der Waals surface area contributed by atoms with Gasteiger partial charge in [0.25, 0.3) is 0 Å². The molecule has 0 saturated heterocycles. The molecule has 0 radical (unpaired) electrons. The van der Waals surface area contributed by atoms with E-state index in [0.29, 0.717) is 19.0 Å². The first-order valence-electron chi connectivity index (χ1n) is 6.86. The van der Waals surface area contributed by atoms with Crippen molar-refractivity contribution in [3.8, 4) is 0 Å². The Balaban J connectivity index is 2.10. The van der Waals surface area contributed by atoms with E-state index in [0.717, 1.165) is 11.3 Å². The second-order valence-electron chi connectivity index (χ2n) is 5.31. The van der Waals surface area contributed by atoms with Gasteiger partial charge in [0, 0.05) is 31.2 Å². The molecule has 1 heterocycles. The second-order valence-corrected chi connectivity index (χ2v) is 5.31. The molecule has 1 aliphatic heterocycles. The van der Waals surface area contributed by atoms with Gasteiger partial charge < -0.3 is 15.3 Å². The van der Waals surface area contributed by atoms with Gasteiger partial charge in [-0.3, -0.25) is 9.59 Å². The maximum Gasteiger partial charge on any atom is 0.312 e. The fourth-order valence-corrected chi connectivity index (χ4v) is 2.46. The summed E-state index contributed by atoms with van der Waals surface area (Å²) in [5.74, 6) is -1.53. The number of carbonyl (C=O) groups excluding carboxylic acids is 1. The number of rotatable bonds is 5. The minimum Gasteiger partial charge on any atom is -0.481 e. The summed E-state index contributed by atoms with van der Waals surface area (Å²) in [5.41, 5.74) is 1.46. The van der Waals surface area contributed by atoms with Crippen molar-refractivity contribution in [1.82, 2.24) is 5.32 Å². The Morgan fingerprint density at radius 2 is 2.10 bits per heavy atom. The van der Waals surface area contributed by atoms with Crippen LogP contribution in [0.4, 0.5) is 5.69 Å². The van der Waals surface area contributed by atoms with Crippen LogP contribution in [-0.2, 0) is 9.59 Å². The van der Waals surface area contributed by atoms with Crippen LogP contribution in [-0.4, -0.2) is 36.1 Å². The topological polar surface area (TPSA) is 69.6 Å². The van der Waals surface area contributed by atoms with E-state index in [1.165, 1.54) is 0 Å². The third-order valence-electron chi connectivity index (χ3n) is 3.46. The Labute approximate surface area is 118 Å². The molecule has 0 saturated carbocycles. The van der Waals surface area contributed by atoms with Gasteiger partial charge in [-0.15, -0.1) is 0 Å². The van der Waals surface area contributed by atoms with Crippen LogP contribution in [0.25, 0.3) is 0 Å². The Morgan fingerprint density at radius 1 is 1.40 bits per heavy atom. The molecule has 20 heavy (non-hydrogen) atoms. The standard InChI is InChI=1S/C15H20N2O3/c1-10(2)16-8-7-14(18)17-9-12(15(19)20)11-5-3-4-6-13(11)17/h3-6,10,12,16H,7-9H2,1-2H3,(H,19,20). The molecule has 2 N–H and O–H groups in total. The van der Waals surface area contributed by atoms with Crippen molar-refractivity contribution in [2.75, 3.05) is 18.0 Å². The first-order chi connectivity index (χ1) is 9.50. The average Bonchev–Trinajstić information content (AvgIpc) is 2.78. The number of para-hydroxylation sites is 1. The van der Waals surface area contributed by atoms with Crippen LogP contribution < -0.4 is 10.2 Å². The SMILES string of the molecule is CC(C)NCCC(=O)N1CC(C(=O)O)c2ccccc21. The van der Waals surface area contributed by atoms with Crippen molar-refractivity contribution >= 4 is 17.6 Å². The number of fused-ring (bicyclic) bond motifs is 1. The summed E-state index contributed by atoms with van der Waals surface area (Å²) in [6.07, 6.45) is 0.374. The molecule has 5 nitrogen and oxygen atoms in total. The first-order valence-corrected chi connectivity index (χ1v) is 6.86. The Hall–Kier alpha value is -1.88. The van der Waals surface area contributed by atoms with Crippen molar-refractivity contribution in [3.05, 3.63) is 29.8 Å². The van der Waals surface area contributed by atoms with Gasteiger partial charge in [-0.1, -0.05) is 32.0 Å². The Morgan fingerprint density at radius 3 is 2.75 bits per heavy atom. The van der Waals surface area contributed by atoms with Crippen molar-refractivity contribution in [2.45, 2.75) is 32.2 Å². The number of carboxylic acids is 1. The number of aliphatic carboxylic acids is 1. The second kappa shape index (κ2) is 6.05. The number of nitrogens with zero attached hydrogens (tertiary/aromatic N) is 1. The summed E-state index contributed by atoms with van der Waals surface area (Å²) in [6, 6.07) is 7.57. The number of nitrogens with one attached hydrogen (secondary N) is 1. The molecule has 5 heteroatoms. The number of benzene rings is 1. The van der Waals surface area contributed by atoms with Crippen molar-refractivity contribution in [3.63, 3.8) is 0 Å². The summed E-state index contributed by atoms with van der Waals surface area (Å²) in [6.45, 7) is 4.88. The van der Waals surface area contributed by atoms with Gasteiger partial charge in [-0.05, 0) is 11.6 Å². The highest BCUT2D eigenvalue weighted by atomic mass is 16.4. The smallest absolute Gasteiger partial charge is 0.312 e. The van der Waals surface area contributed by atoms with Crippen LogP contribution in [0.1, 0.15) is 31.7 Å². The molecule has 1 amide bonds. The molecule has 0 spiro atoms. The van der Waals surface area contributed by atoms with Gasteiger partial charge in [0.05, 0.1) is 0 Å². The predicted molar refractivity (Wildman–Crippen MR) is 76.9 cm³/mol. The summed E-state index contributed by atoms with van der Waals surface area (Å²) in [4.78, 5) is 25.1. The van der Waals surface area contributed by atoms with E-state index in [-0.39, 0.29) is 12.5 Å². The highest BCUT2D eigenvalue weighted by Gasteiger charge is 2.35. The van der Waals surface area contributed by atoms with Crippen LogP contribution in [0.5, 0.6) is 0 Å². The van der Waals surface area contributed by atoms with Crippen LogP contribution in [0.15, 0.2) is 24.3 Å². The molecule has 2 rings (SSSR count). The zero-order chi connectivity index (χ0) is 14.7. The quantitative estimate of drug-likeness (QED) is 0.857. The van der Waals surface area contributed by atoms with E-state index in [1.54, 1.807) is 11.0 Å². The lowest BCUT2D eigenvalue weighted by Gasteiger charge is -2.18. The van der Waals surface area contributed by atoms with E-state index in [9.17, 15) is 14.7 Å². The number of carbonyl (C=O) groups is 2. The number of carboxylic acid groups (broad SMARTS) is 1. The molecular weight excluding hydrogens is 256 g/mol. The van der Waals surface area contributed by atoms with Crippen molar-refractivity contribution in [1.29, 1.82) is 0 Å². The van der Waals surface area contributed by atoms with E-state index < -0.39 is 11.9 Å². The van der Waals surface area contributed by atoms with Crippen LogP contribution in [0.3, 0.4) is 0 Å². The molecule has 1 unspecified atom stereocenters. The zero-order valence-corrected chi connectivity index (χ0v) is 11.8. The predicted octanol–water partition coefficient (Wildman–Crippen LogP) is 1.59. The molecule has 0 bridgehead atoms. The van der Waals surface area contributed by atoms with Crippen LogP contribution in [0, 0.1) is 0 Å². The molecule has 1 atom stereocenters. The molecule has 0 aliphatic carbocycles. The maximum atomic E-state index is 12.3. The number of anilines is 1. The van der Waals surface area contributed by atoms with Gasteiger partial charge in [0.1, 0.15) is 5.92 Å². The summed E-state index contributed by atoms with van der Waals surface area (Å²) in [7, 11) is 0. The van der Waals surface area contributed by atoms with Gasteiger partial charge in [0.2, 0.25) is 5.91 Å². The normalized spacial score (nSPS) is 17.4. The lowest BCUT2D eigenvalue weighted by molar-refractivity contribution is -0.138. The number of amides is 1. The number of hydrogen-bond donors (Lipinski definition) is 2. The van der Waals surface area contributed by atoms with Gasteiger partial charge >= 0.3 is 5.97 Å². The average molecular weight is 276 g/mol. The molecule has 1 aliphatic rings. The minimum atomic E-state index is -0.881. The maximum absolute atomic E-state index is 12.3. The first kappa shape index (κ1) is 14.5. The highest BCUT2D eigenvalue weighted by Crippen LogP contribution is 2.36. The largest absolute Gasteiger partial charge is 0.481 e. The van der Waals surface area contributed by atoms with Crippen molar-refractivity contribution in [2.24, 2.45) is 0 Å². The lowest BCUT2D eigenvalue weighted by atomic mass is 10.0. The molecular formula is C15H20N2O3. The molecule has 0 aromatic heterocycles. The Kier molecular flexibility index (Phi) is 4.39. The van der Waals surface area contributed by atoms with Gasteiger partial charge in [-0.25, -0.2) is 0 Å². The molecule has 108 valence electrons. The third kappa shape index (κ3) is 2.99.